The number of aromatic amines is 1. The van der Waals surface area contributed by atoms with E-state index in [0.29, 0.717) is 19.4 Å². The maximum Gasteiger partial charge on any atom is 0.220 e. The Labute approximate surface area is 131 Å². The van der Waals surface area contributed by atoms with Gasteiger partial charge in [0.15, 0.2) is 0 Å². The zero-order chi connectivity index (χ0) is 15.9. The van der Waals surface area contributed by atoms with Crippen LogP contribution in [0.3, 0.4) is 0 Å². The van der Waals surface area contributed by atoms with Crippen LogP contribution in [-0.2, 0) is 11.3 Å². The van der Waals surface area contributed by atoms with E-state index in [9.17, 15) is 4.79 Å². The number of hydrogen-bond acceptors (Lipinski definition) is 2. The van der Waals surface area contributed by atoms with Crippen LogP contribution in [0.4, 0.5) is 0 Å². The Morgan fingerprint density at radius 2 is 2.27 bits per heavy atom. The number of ether oxygens (including phenoxy) is 1. The molecular formula is C18H22N2O2. The zero-order valence-electron chi connectivity index (χ0n) is 13.1. The van der Waals surface area contributed by atoms with E-state index in [2.05, 4.69) is 16.2 Å². The third-order valence-electron chi connectivity index (χ3n) is 3.31. The lowest BCUT2D eigenvalue weighted by Gasteiger charge is -2.10. The fourth-order valence-corrected chi connectivity index (χ4v) is 2.28. The van der Waals surface area contributed by atoms with Crippen molar-refractivity contribution in [2.24, 2.45) is 0 Å². The highest BCUT2D eigenvalue weighted by atomic mass is 16.5. The Morgan fingerprint density at radius 3 is 3.00 bits per heavy atom. The summed E-state index contributed by atoms with van der Waals surface area (Å²) in [6, 6.07) is 5.94. The largest absolute Gasteiger partial charge is 0.491 e. The Bertz CT molecular complexity index is 680. The van der Waals surface area contributed by atoms with Crippen LogP contribution < -0.4 is 10.1 Å². The number of unbranched alkanes of at least 4 members (excludes halogenated alkanes) is 1. The molecule has 0 saturated carbocycles. The SMILES string of the molecule is C#CCCCC(=O)NCc1c[nH]c2ccc(OC(C)C)cc12. The molecule has 116 valence electrons. The number of aromatic nitrogens is 1. The van der Waals surface area contributed by atoms with Crippen molar-refractivity contribution >= 4 is 16.8 Å². The van der Waals surface area contributed by atoms with Crippen molar-refractivity contribution in [1.82, 2.24) is 10.3 Å². The van der Waals surface area contributed by atoms with Crippen LogP contribution in [0.5, 0.6) is 5.75 Å². The van der Waals surface area contributed by atoms with Crippen LogP contribution in [0.1, 0.15) is 38.7 Å². The summed E-state index contributed by atoms with van der Waals surface area (Å²) in [6.07, 6.45) is 9.06. The molecule has 2 N–H and O–H groups in total. The summed E-state index contributed by atoms with van der Waals surface area (Å²) in [7, 11) is 0. The number of fused-ring (bicyclic) bond motifs is 1. The number of carbonyl (C=O) groups excluding carboxylic acids is 1. The monoisotopic (exact) mass is 298 g/mol. The highest BCUT2D eigenvalue weighted by Gasteiger charge is 2.08. The first kappa shape index (κ1) is 16.0. The molecule has 22 heavy (non-hydrogen) atoms. The van der Waals surface area contributed by atoms with Crippen molar-refractivity contribution in [3.63, 3.8) is 0 Å². The van der Waals surface area contributed by atoms with E-state index in [4.69, 9.17) is 11.2 Å². The van der Waals surface area contributed by atoms with E-state index in [1.54, 1.807) is 0 Å². The molecular weight excluding hydrogens is 276 g/mol. The maximum atomic E-state index is 11.7. The predicted octanol–water partition coefficient (Wildman–Crippen LogP) is 3.37. The summed E-state index contributed by atoms with van der Waals surface area (Å²) in [6.45, 7) is 4.50. The summed E-state index contributed by atoms with van der Waals surface area (Å²) in [5.74, 6) is 3.40. The van der Waals surface area contributed by atoms with Crippen molar-refractivity contribution in [1.29, 1.82) is 0 Å². The summed E-state index contributed by atoms with van der Waals surface area (Å²) >= 11 is 0. The minimum Gasteiger partial charge on any atom is -0.491 e. The maximum absolute atomic E-state index is 11.7. The van der Waals surface area contributed by atoms with Gasteiger partial charge in [-0.1, -0.05) is 0 Å². The summed E-state index contributed by atoms with van der Waals surface area (Å²) in [5.41, 5.74) is 2.09. The average Bonchev–Trinajstić information content (AvgIpc) is 2.87. The molecule has 1 heterocycles. The molecule has 0 unspecified atom stereocenters. The molecule has 0 spiro atoms. The van der Waals surface area contributed by atoms with Gasteiger partial charge in [-0.25, -0.2) is 0 Å². The molecule has 0 bridgehead atoms. The molecule has 0 atom stereocenters. The van der Waals surface area contributed by atoms with E-state index in [0.717, 1.165) is 28.6 Å². The van der Waals surface area contributed by atoms with Crippen LogP contribution in [0.2, 0.25) is 0 Å². The lowest BCUT2D eigenvalue weighted by molar-refractivity contribution is -0.121. The topological polar surface area (TPSA) is 54.1 Å². The second-order valence-electron chi connectivity index (χ2n) is 5.52. The number of rotatable bonds is 7. The Balaban J connectivity index is 2.02. The van der Waals surface area contributed by atoms with E-state index in [1.807, 2.05) is 38.2 Å². The molecule has 0 aliphatic rings. The van der Waals surface area contributed by atoms with Gasteiger partial charge in [-0.15, -0.1) is 12.3 Å². The molecule has 1 aromatic carbocycles. The standard InChI is InChI=1S/C18H22N2O2/c1-4-5-6-7-18(21)20-12-14-11-19-17-9-8-15(10-16(14)17)22-13(2)3/h1,8-11,13,19H,5-7,12H2,2-3H3,(H,20,21). The Kier molecular flexibility index (Phi) is 5.48. The number of benzene rings is 1. The molecule has 1 amide bonds. The van der Waals surface area contributed by atoms with Gasteiger partial charge in [0.25, 0.3) is 0 Å². The number of amides is 1. The van der Waals surface area contributed by atoms with Gasteiger partial charge in [0, 0.05) is 36.5 Å². The van der Waals surface area contributed by atoms with E-state index >= 15 is 0 Å². The summed E-state index contributed by atoms with van der Waals surface area (Å²) < 4.78 is 5.72. The highest BCUT2D eigenvalue weighted by molar-refractivity contribution is 5.85. The third-order valence-corrected chi connectivity index (χ3v) is 3.31. The molecule has 0 radical (unpaired) electrons. The molecule has 0 fully saturated rings. The van der Waals surface area contributed by atoms with Crippen LogP contribution in [0, 0.1) is 12.3 Å². The molecule has 2 rings (SSSR count). The van der Waals surface area contributed by atoms with Crippen LogP contribution in [-0.4, -0.2) is 17.0 Å². The Hall–Kier alpha value is -2.41. The van der Waals surface area contributed by atoms with Crippen molar-refractivity contribution < 1.29 is 9.53 Å². The average molecular weight is 298 g/mol. The normalized spacial score (nSPS) is 10.6. The molecule has 1 aromatic heterocycles. The second-order valence-corrected chi connectivity index (χ2v) is 5.52. The lowest BCUT2D eigenvalue weighted by Crippen LogP contribution is -2.22. The molecule has 0 aliphatic heterocycles. The fourth-order valence-electron chi connectivity index (χ4n) is 2.28. The van der Waals surface area contributed by atoms with E-state index in [1.165, 1.54) is 0 Å². The van der Waals surface area contributed by atoms with Gasteiger partial charge >= 0.3 is 0 Å². The fraction of sp³-hybridized carbons (Fsp3) is 0.389. The third kappa shape index (κ3) is 4.29. The molecule has 4 heteroatoms. The van der Waals surface area contributed by atoms with Gasteiger partial charge in [-0.2, -0.15) is 0 Å². The minimum atomic E-state index is 0.0270. The molecule has 4 nitrogen and oxygen atoms in total. The van der Waals surface area contributed by atoms with Crippen molar-refractivity contribution in [3.8, 4) is 18.1 Å². The van der Waals surface area contributed by atoms with E-state index in [-0.39, 0.29) is 12.0 Å². The van der Waals surface area contributed by atoms with Gasteiger partial charge in [-0.05, 0) is 44.0 Å². The van der Waals surface area contributed by atoms with Gasteiger partial charge in [0.05, 0.1) is 6.10 Å². The van der Waals surface area contributed by atoms with Crippen molar-refractivity contribution in [3.05, 3.63) is 30.0 Å². The molecule has 0 aliphatic carbocycles. The molecule has 2 aromatic rings. The minimum absolute atomic E-state index is 0.0270. The van der Waals surface area contributed by atoms with Gasteiger partial charge in [0.2, 0.25) is 5.91 Å². The first-order chi connectivity index (χ1) is 10.6. The van der Waals surface area contributed by atoms with E-state index < -0.39 is 0 Å². The first-order valence-electron chi connectivity index (χ1n) is 7.57. The van der Waals surface area contributed by atoms with Gasteiger partial charge < -0.3 is 15.0 Å². The summed E-state index contributed by atoms with van der Waals surface area (Å²) in [4.78, 5) is 15.0. The van der Waals surface area contributed by atoms with Crippen LogP contribution in [0.15, 0.2) is 24.4 Å². The molecule has 0 saturated heterocycles. The number of nitrogens with one attached hydrogen (secondary N) is 2. The number of H-pyrrole nitrogens is 1. The number of carbonyl (C=O) groups is 1. The van der Waals surface area contributed by atoms with Crippen molar-refractivity contribution in [2.45, 2.75) is 45.8 Å². The highest BCUT2D eigenvalue weighted by Crippen LogP contribution is 2.24. The van der Waals surface area contributed by atoms with Crippen LogP contribution in [0.25, 0.3) is 10.9 Å². The Morgan fingerprint density at radius 1 is 1.45 bits per heavy atom. The number of hydrogen-bond donors (Lipinski definition) is 2. The second kappa shape index (κ2) is 7.56. The lowest BCUT2D eigenvalue weighted by atomic mass is 10.1. The predicted molar refractivity (Wildman–Crippen MR) is 88.6 cm³/mol. The quantitative estimate of drug-likeness (QED) is 0.608. The summed E-state index contributed by atoms with van der Waals surface area (Å²) in [5, 5.41) is 4.00. The van der Waals surface area contributed by atoms with Gasteiger partial charge in [0.1, 0.15) is 5.75 Å². The van der Waals surface area contributed by atoms with Crippen LogP contribution >= 0.6 is 0 Å². The smallest absolute Gasteiger partial charge is 0.220 e. The van der Waals surface area contributed by atoms with Crippen molar-refractivity contribution in [2.75, 3.05) is 0 Å². The van der Waals surface area contributed by atoms with Gasteiger partial charge in [-0.3, -0.25) is 4.79 Å². The zero-order valence-corrected chi connectivity index (χ0v) is 13.1. The first-order valence-corrected chi connectivity index (χ1v) is 7.57. The number of terminal acetylenes is 1.